The zero-order valence-corrected chi connectivity index (χ0v) is 10.4. The van der Waals surface area contributed by atoms with Crippen molar-refractivity contribution in [2.75, 3.05) is 0 Å². The largest absolute Gasteiger partial charge is 0.242 e. The zero-order valence-electron chi connectivity index (χ0n) is 8.85. The predicted octanol–water partition coefficient (Wildman–Crippen LogP) is 3.73. The van der Waals surface area contributed by atoms with Gasteiger partial charge in [-0.25, -0.2) is 9.97 Å². The summed E-state index contributed by atoms with van der Waals surface area (Å²) in [6.45, 7) is 1.97. The van der Waals surface area contributed by atoms with Crippen molar-refractivity contribution in [3.63, 3.8) is 0 Å². The quantitative estimate of drug-likeness (QED) is 0.613. The van der Waals surface area contributed by atoms with Gasteiger partial charge in [0.25, 0.3) is 0 Å². The van der Waals surface area contributed by atoms with Crippen molar-refractivity contribution in [3.8, 4) is 0 Å². The second kappa shape index (κ2) is 5.32. The van der Waals surface area contributed by atoms with E-state index >= 15 is 0 Å². The molecule has 0 bridgehead atoms. The van der Waals surface area contributed by atoms with Crippen LogP contribution in [-0.2, 0) is 5.75 Å². The Morgan fingerprint density at radius 3 is 2.62 bits per heavy atom. The van der Waals surface area contributed by atoms with E-state index in [2.05, 4.69) is 9.97 Å². The van der Waals surface area contributed by atoms with E-state index < -0.39 is 0 Å². The van der Waals surface area contributed by atoms with E-state index in [-0.39, 0.29) is 0 Å². The second-order valence-corrected chi connectivity index (χ2v) is 4.84. The number of halogens is 1. The summed E-state index contributed by atoms with van der Waals surface area (Å²) >= 11 is 7.52. The molecule has 0 fully saturated rings. The van der Waals surface area contributed by atoms with Crippen LogP contribution in [-0.4, -0.2) is 9.97 Å². The number of thioether (sulfide) groups is 1. The number of benzene rings is 1. The highest BCUT2D eigenvalue weighted by Crippen LogP contribution is 2.21. The number of aromatic nitrogens is 2. The SMILES string of the molecule is Cc1cc(SCc2ccc(Cl)cc2)ncn1. The number of rotatable bonds is 3. The minimum Gasteiger partial charge on any atom is -0.242 e. The fourth-order valence-corrected chi connectivity index (χ4v) is 2.26. The van der Waals surface area contributed by atoms with Crippen LogP contribution in [0.3, 0.4) is 0 Å². The first-order valence-corrected chi connectivity index (χ1v) is 6.26. The van der Waals surface area contributed by atoms with E-state index in [0.717, 1.165) is 21.5 Å². The van der Waals surface area contributed by atoms with Gasteiger partial charge in [-0.1, -0.05) is 23.7 Å². The fourth-order valence-electron chi connectivity index (χ4n) is 1.25. The Bertz CT molecular complexity index is 471. The van der Waals surface area contributed by atoms with Crippen LogP contribution in [0, 0.1) is 6.92 Å². The van der Waals surface area contributed by atoms with Gasteiger partial charge in [-0.2, -0.15) is 0 Å². The molecule has 4 heteroatoms. The molecule has 2 nitrogen and oxygen atoms in total. The van der Waals surface area contributed by atoms with Gasteiger partial charge in [0.15, 0.2) is 0 Å². The summed E-state index contributed by atoms with van der Waals surface area (Å²) in [6, 6.07) is 9.86. The van der Waals surface area contributed by atoms with Crippen molar-refractivity contribution >= 4 is 23.4 Å². The first-order chi connectivity index (χ1) is 7.74. The Hall–Kier alpha value is -1.06. The topological polar surface area (TPSA) is 25.8 Å². The minimum atomic E-state index is 0.770. The average molecular weight is 251 g/mol. The van der Waals surface area contributed by atoms with Gasteiger partial charge in [0.1, 0.15) is 6.33 Å². The van der Waals surface area contributed by atoms with E-state index in [1.54, 1.807) is 18.1 Å². The molecule has 16 heavy (non-hydrogen) atoms. The Kier molecular flexibility index (Phi) is 3.80. The number of hydrogen-bond acceptors (Lipinski definition) is 3. The van der Waals surface area contributed by atoms with Crippen LogP contribution >= 0.6 is 23.4 Å². The fraction of sp³-hybridized carbons (Fsp3) is 0.167. The summed E-state index contributed by atoms with van der Waals surface area (Å²) in [7, 11) is 0. The lowest BCUT2D eigenvalue weighted by atomic mass is 10.2. The average Bonchev–Trinajstić information content (AvgIpc) is 2.28. The third-order valence-corrected chi connectivity index (χ3v) is 3.33. The molecule has 0 radical (unpaired) electrons. The molecule has 1 aromatic carbocycles. The normalized spacial score (nSPS) is 10.4. The minimum absolute atomic E-state index is 0.770. The second-order valence-electron chi connectivity index (χ2n) is 3.41. The molecule has 0 spiro atoms. The molecule has 2 rings (SSSR count). The smallest absolute Gasteiger partial charge is 0.116 e. The molecule has 0 saturated heterocycles. The monoisotopic (exact) mass is 250 g/mol. The molecule has 1 aromatic heterocycles. The third-order valence-electron chi connectivity index (χ3n) is 2.08. The van der Waals surface area contributed by atoms with Gasteiger partial charge < -0.3 is 0 Å². The van der Waals surface area contributed by atoms with Crippen LogP contribution in [0.2, 0.25) is 5.02 Å². The van der Waals surface area contributed by atoms with E-state index in [9.17, 15) is 0 Å². The summed E-state index contributed by atoms with van der Waals surface area (Å²) in [4.78, 5) is 8.26. The van der Waals surface area contributed by atoms with Gasteiger partial charge in [-0.3, -0.25) is 0 Å². The molecule has 0 aliphatic rings. The lowest BCUT2D eigenvalue weighted by Gasteiger charge is -2.01. The van der Waals surface area contributed by atoms with Crippen molar-refractivity contribution in [2.45, 2.75) is 17.7 Å². The summed E-state index contributed by atoms with van der Waals surface area (Å²) in [6.07, 6.45) is 1.60. The molecule has 2 aromatic rings. The van der Waals surface area contributed by atoms with Gasteiger partial charge in [-0.15, -0.1) is 11.8 Å². The maximum absolute atomic E-state index is 5.82. The van der Waals surface area contributed by atoms with Crippen LogP contribution in [0.25, 0.3) is 0 Å². The van der Waals surface area contributed by atoms with E-state index in [0.29, 0.717) is 0 Å². The van der Waals surface area contributed by atoms with Crippen LogP contribution in [0.5, 0.6) is 0 Å². The Morgan fingerprint density at radius 1 is 1.19 bits per heavy atom. The molecule has 0 atom stereocenters. The summed E-state index contributed by atoms with van der Waals surface area (Å²) < 4.78 is 0. The molecular formula is C12H11ClN2S. The molecule has 0 saturated carbocycles. The van der Waals surface area contributed by atoms with Gasteiger partial charge in [-0.05, 0) is 30.7 Å². The van der Waals surface area contributed by atoms with Crippen molar-refractivity contribution in [1.82, 2.24) is 9.97 Å². The molecule has 0 amide bonds. The highest BCUT2D eigenvalue weighted by Gasteiger charge is 1.98. The van der Waals surface area contributed by atoms with E-state index in [4.69, 9.17) is 11.6 Å². The molecule has 0 aliphatic carbocycles. The van der Waals surface area contributed by atoms with Gasteiger partial charge in [0.05, 0.1) is 5.03 Å². The lowest BCUT2D eigenvalue weighted by Crippen LogP contribution is -1.86. The number of hydrogen-bond donors (Lipinski definition) is 0. The highest BCUT2D eigenvalue weighted by atomic mass is 35.5. The van der Waals surface area contributed by atoms with Crippen LogP contribution in [0.1, 0.15) is 11.3 Å². The van der Waals surface area contributed by atoms with Crippen LogP contribution in [0.15, 0.2) is 41.7 Å². The molecular weight excluding hydrogens is 240 g/mol. The Labute approximate surface area is 104 Å². The van der Waals surface area contributed by atoms with Crippen molar-refractivity contribution in [2.24, 2.45) is 0 Å². The summed E-state index contributed by atoms with van der Waals surface area (Å²) in [5.41, 5.74) is 2.24. The predicted molar refractivity (Wildman–Crippen MR) is 67.8 cm³/mol. The zero-order chi connectivity index (χ0) is 11.4. The van der Waals surface area contributed by atoms with Crippen LogP contribution < -0.4 is 0 Å². The maximum Gasteiger partial charge on any atom is 0.116 e. The van der Waals surface area contributed by atoms with E-state index in [1.165, 1.54) is 5.56 Å². The van der Waals surface area contributed by atoms with Gasteiger partial charge in [0, 0.05) is 16.5 Å². The Morgan fingerprint density at radius 2 is 1.94 bits per heavy atom. The molecule has 1 heterocycles. The van der Waals surface area contributed by atoms with Crippen LogP contribution in [0.4, 0.5) is 0 Å². The van der Waals surface area contributed by atoms with Crippen molar-refractivity contribution in [1.29, 1.82) is 0 Å². The highest BCUT2D eigenvalue weighted by molar-refractivity contribution is 7.98. The first-order valence-electron chi connectivity index (χ1n) is 4.90. The first kappa shape index (κ1) is 11.4. The van der Waals surface area contributed by atoms with Gasteiger partial charge >= 0.3 is 0 Å². The summed E-state index contributed by atoms with van der Waals surface area (Å²) in [5, 5.41) is 1.77. The Balaban J connectivity index is 1.99. The lowest BCUT2D eigenvalue weighted by molar-refractivity contribution is 1.01. The van der Waals surface area contributed by atoms with E-state index in [1.807, 2.05) is 37.3 Å². The van der Waals surface area contributed by atoms with Crippen molar-refractivity contribution in [3.05, 3.63) is 52.9 Å². The number of aryl methyl sites for hydroxylation is 1. The standard InChI is InChI=1S/C12H11ClN2S/c1-9-6-12(15-8-14-9)16-7-10-2-4-11(13)5-3-10/h2-6,8H,7H2,1H3. The molecule has 0 aliphatic heterocycles. The maximum atomic E-state index is 5.82. The number of nitrogens with zero attached hydrogens (tertiary/aromatic N) is 2. The van der Waals surface area contributed by atoms with Crippen molar-refractivity contribution < 1.29 is 0 Å². The molecule has 0 N–H and O–H groups in total. The third kappa shape index (κ3) is 3.22. The molecule has 82 valence electrons. The molecule has 0 unspecified atom stereocenters. The van der Waals surface area contributed by atoms with Gasteiger partial charge in [0.2, 0.25) is 0 Å². The summed E-state index contributed by atoms with van der Waals surface area (Å²) in [5.74, 6) is 0.896.